The fourth-order valence-electron chi connectivity index (χ4n) is 2.65. The quantitative estimate of drug-likeness (QED) is 0.562. The lowest BCUT2D eigenvalue weighted by Crippen LogP contribution is -2.10. The number of methoxy groups -OCH3 is 4. The Kier molecular flexibility index (Phi) is 6.13. The Morgan fingerprint density at radius 2 is 1.45 bits per heavy atom. The van der Waals surface area contributed by atoms with Gasteiger partial charge in [-0.2, -0.15) is 0 Å². The molecule has 29 heavy (non-hydrogen) atoms. The first-order valence-electron chi connectivity index (χ1n) is 8.60. The third-order valence-electron chi connectivity index (χ3n) is 4.14. The van der Waals surface area contributed by atoms with Crippen molar-refractivity contribution in [2.24, 2.45) is 0 Å². The van der Waals surface area contributed by atoms with Gasteiger partial charge in [0.15, 0.2) is 11.5 Å². The van der Waals surface area contributed by atoms with Gasteiger partial charge in [-0.05, 0) is 42.5 Å². The van der Waals surface area contributed by atoms with Gasteiger partial charge in [0.05, 0.1) is 39.7 Å². The molecule has 2 aromatic carbocycles. The van der Waals surface area contributed by atoms with Gasteiger partial charge in [-0.3, -0.25) is 0 Å². The van der Waals surface area contributed by atoms with Crippen LogP contribution in [0.2, 0.25) is 0 Å². The van der Waals surface area contributed by atoms with Crippen molar-refractivity contribution in [2.75, 3.05) is 28.4 Å². The second kappa shape index (κ2) is 8.92. The first-order chi connectivity index (χ1) is 14.1. The van der Waals surface area contributed by atoms with Crippen LogP contribution in [0.1, 0.15) is 10.4 Å². The molecule has 3 aromatic rings. The summed E-state index contributed by atoms with van der Waals surface area (Å²) >= 11 is 0. The molecule has 0 amide bonds. The fourth-order valence-corrected chi connectivity index (χ4v) is 2.65. The Labute approximate surface area is 168 Å². The summed E-state index contributed by atoms with van der Waals surface area (Å²) in [6.07, 6.45) is 0. The summed E-state index contributed by atoms with van der Waals surface area (Å²) in [4.78, 5) is 12.4. The molecule has 0 spiro atoms. The van der Waals surface area contributed by atoms with E-state index < -0.39 is 5.97 Å². The topological polar surface area (TPSA) is 89.0 Å². The molecule has 0 saturated heterocycles. The number of esters is 1. The van der Waals surface area contributed by atoms with Crippen molar-refractivity contribution in [3.63, 3.8) is 0 Å². The van der Waals surface area contributed by atoms with Gasteiger partial charge in [-0.1, -0.05) is 0 Å². The van der Waals surface area contributed by atoms with Gasteiger partial charge in [0, 0.05) is 11.6 Å². The lowest BCUT2D eigenvalue weighted by molar-refractivity contribution is 0.0725. The van der Waals surface area contributed by atoms with Crippen molar-refractivity contribution in [1.82, 2.24) is 10.2 Å². The molecule has 3 rings (SSSR count). The zero-order valence-corrected chi connectivity index (χ0v) is 16.5. The number of aromatic nitrogens is 2. The minimum absolute atomic E-state index is 0.0652. The fraction of sp³-hybridized carbons (Fsp3) is 0.190. The molecular formula is C21H20N2O6. The molecule has 0 radical (unpaired) electrons. The molecule has 1 heterocycles. The molecule has 1 aromatic heterocycles. The average molecular weight is 396 g/mol. The van der Waals surface area contributed by atoms with Gasteiger partial charge in [0.25, 0.3) is 0 Å². The van der Waals surface area contributed by atoms with Crippen LogP contribution in [0, 0.1) is 0 Å². The van der Waals surface area contributed by atoms with Crippen molar-refractivity contribution in [3.05, 3.63) is 54.1 Å². The van der Waals surface area contributed by atoms with Gasteiger partial charge in [-0.15, -0.1) is 10.2 Å². The highest BCUT2D eigenvalue weighted by Gasteiger charge is 2.15. The van der Waals surface area contributed by atoms with E-state index in [4.69, 9.17) is 23.7 Å². The molecule has 0 atom stereocenters. The van der Waals surface area contributed by atoms with E-state index in [1.807, 2.05) is 0 Å². The van der Waals surface area contributed by atoms with Gasteiger partial charge < -0.3 is 23.7 Å². The van der Waals surface area contributed by atoms with E-state index in [2.05, 4.69) is 10.2 Å². The van der Waals surface area contributed by atoms with E-state index in [1.54, 1.807) is 56.7 Å². The zero-order valence-electron chi connectivity index (χ0n) is 16.5. The molecule has 0 N–H and O–H groups in total. The Morgan fingerprint density at radius 1 is 0.724 bits per heavy atom. The van der Waals surface area contributed by atoms with Crippen molar-refractivity contribution >= 4 is 5.97 Å². The van der Waals surface area contributed by atoms with Crippen molar-refractivity contribution in [1.29, 1.82) is 0 Å². The van der Waals surface area contributed by atoms with Crippen LogP contribution < -0.4 is 23.7 Å². The van der Waals surface area contributed by atoms with E-state index in [0.717, 1.165) is 0 Å². The molecule has 8 heteroatoms. The smallest absolute Gasteiger partial charge is 0.345 e. The van der Waals surface area contributed by atoms with Crippen LogP contribution in [0.4, 0.5) is 0 Å². The maximum absolute atomic E-state index is 12.4. The van der Waals surface area contributed by atoms with Crippen LogP contribution >= 0.6 is 0 Å². The second-order valence-corrected chi connectivity index (χ2v) is 5.78. The molecule has 0 aliphatic rings. The molecular weight excluding hydrogens is 376 g/mol. The van der Waals surface area contributed by atoms with Crippen LogP contribution in [0.5, 0.6) is 28.9 Å². The molecule has 150 valence electrons. The summed E-state index contributed by atoms with van der Waals surface area (Å²) in [6, 6.07) is 13.3. The van der Waals surface area contributed by atoms with E-state index >= 15 is 0 Å². The summed E-state index contributed by atoms with van der Waals surface area (Å²) in [7, 11) is 6.15. The monoisotopic (exact) mass is 396 g/mol. The van der Waals surface area contributed by atoms with Crippen LogP contribution in [-0.4, -0.2) is 44.6 Å². The largest absolute Gasteiger partial charge is 0.497 e. The molecule has 8 nitrogen and oxygen atoms in total. The van der Waals surface area contributed by atoms with E-state index in [0.29, 0.717) is 39.8 Å². The molecule has 0 aliphatic carbocycles. The van der Waals surface area contributed by atoms with Crippen molar-refractivity contribution in [2.45, 2.75) is 0 Å². The molecule has 0 saturated carbocycles. The molecule has 0 aliphatic heterocycles. The third kappa shape index (κ3) is 4.37. The maximum atomic E-state index is 12.4. The number of hydrogen-bond donors (Lipinski definition) is 0. The molecule has 0 unspecified atom stereocenters. The highest BCUT2D eigenvalue weighted by atomic mass is 16.5. The number of carbonyl (C=O) groups is 1. The third-order valence-corrected chi connectivity index (χ3v) is 4.14. The van der Waals surface area contributed by atoms with Crippen LogP contribution in [0.15, 0.2) is 48.5 Å². The SMILES string of the molecule is COc1ccc(OC)c(-c2ccc(OC(=O)c3ccc(OC)c(OC)c3)nn2)c1. The molecule has 0 fully saturated rings. The van der Waals surface area contributed by atoms with Crippen molar-refractivity contribution in [3.8, 4) is 40.1 Å². The van der Waals surface area contributed by atoms with Gasteiger partial charge >= 0.3 is 5.97 Å². The summed E-state index contributed by atoms with van der Waals surface area (Å²) in [5.41, 5.74) is 1.55. The highest BCUT2D eigenvalue weighted by molar-refractivity contribution is 5.91. The second-order valence-electron chi connectivity index (χ2n) is 5.78. The minimum atomic E-state index is -0.591. The lowest BCUT2D eigenvalue weighted by atomic mass is 10.1. The number of nitrogens with zero attached hydrogens (tertiary/aromatic N) is 2. The number of carbonyl (C=O) groups excluding carboxylic acids is 1. The van der Waals surface area contributed by atoms with Crippen LogP contribution in [-0.2, 0) is 0 Å². The van der Waals surface area contributed by atoms with Gasteiger partial charge in [0.2, 0.25) is 5.88 Å². The number of rotatable bonds is 7. The van der Waals surface area contributed by atoms with E-state index in [1.165, 1.54) is 20.3 Å². The van der Waals surface area contributed by atoms with Crippen LogP contribution in [0.3, 0.4) is 0 Å². The number of ether oxygens (including phenoxy) is 5. The first-order valence-corrected chi connectivity index (χ1v) is 8.60. The van der Waals surface area contributed by atoms with Gasteiger partial charge in [0.1, 0.15) is 11.5 Å². The summed E-state index contributed by atoms with van der Waals surface area (Å²) < 4.78 is 26.3. The highest BCUT2D eigenvalue weighted by Crippen LogP contribution is 2.32. The standard InChI is InChI=1S/C21H20N2O6/c1-25-14-6-9-17(26-2)15(12-14)16-7-10-20(23-22-16)29-21(24)13-5-8-18(27-3)19(11-13)28-4/h5-12H,1-4H3. The minimum Gasteiger partial charge on any atom is -0.497 e. The summed E-state index contributed by atoms with van der Waals surface area (Å²) in [5.74, 6) is 1.69. The predicted octanol–water partition coefficient (Wildman–Crippen LogP) is 3.40. The summed E-state index contributed by atoms with van der Waals surface area (Å²) in [6.45, 7) is 0. The van der Waals surface area contributed by atoms with Crippen LogP contribution in [0.25, 0.3) is 11.3 Å². The predicted molar refractivity (Wildman–Crippen MR) is 105 cm³/mol. The average Bonchev–Trinajstić information content (AvgIpc) is 2.78. The normalized spacial score (nSPS) is 10.2. The maximum Gasteiger partial charge on any atom is 0.345 e. The Morgan fingerprint density at radius 3 is 2.07 bits per heavy atom. The first kappa shape index (κ1) is 19.9. The molecule has 0 bridgehead atoms. The number of benzene rings is 2. The Hall–Kier alpha value is -3.81. The van der Waals surface area contributed by atoms with E-state index in [9.17, 15) is 4.79 Å². The lowest BCUT2D eigenvalue weighted by Gasteiger charge is -2.10. The number of hydrogen-bond acceptors (Lipinski definition) is 8. The zero-order chi connectivity index (χ0) is 20.8. The Bertz CT molecular complexity index is 1000. The Balaban J connectivity index is 1.80. The van der Waals surface area contributed by atoms with E-state index in [-0.39, 0.29) is 5.88 Å². The van der Waals surface area contributed by atoms with Crippen molar-refractivity contribution < 1.29 is 28.5 Å². The van der Waals surface area contributed by atoms with Gasteiger partial charge in [-0.25, -0.2) is 4.79 Å². The summed E-state index contributed by atoms with van der Waals surface area (Å²) in [5, 5.41) is 8.12.